The molecule has 0 aliphatic carbocycles. The third kappa shape index (κ3) is 4.60. The van der Waals surface area contributed by atoms with Gasteiger partial charge in [0.2, 0.25) is 5.69 Å². The van der Waals surface area contributed by atoms with E-state index in [9.17, 15) is 18.0 Å². The highest BCUT2D eigenvalue weighted by Crippen LogP contribution is 2.30. The number of imidazole rings is 2. The minimum atomic E-state index is -4.47. The van der Waals surface area contributed by atoms with Gasteiger partial charge in [-0.25, -0.2) is 24.3 Å². The van der Waals surface area contributed by atoms with Gasteiger partial charge in [0.05, 0.1) is 24.0 Å². The zero-order valence-corrected chi connectivity index (χ0v) is 21.3. The molecule has 39 heavy (non-hydrogen) atoms. The van der Waals surface area contributed by atoms with Crippen molar-refractivity contribution in [3.8, 4) is 22.8 Å². The zero-order valence-electron chi connectivity index (χ0n) is 21.3. The number of halogens is 3. The van der Waals surface area contributed by atoms with Gasteiger partial charge in [0, 0.05) is 24.8 Å². The van der Waals surface area contributed by atoms with Gasteiger partial charge in [-0.05, 0) is 35.7 Å². The number of hydrogen-bond acceptors (Lipinski definition) is 5. The van der Waals surface area contributed by atoms with Crippen LogP contribution in [-0.2, 0) is 12.7 Å². The van der Waals surface area contributed by atoms with Gasteiger partial charge in [-0.15, -0.1) is 0 Å². The van der Waals surface area contributed by atoms with Crippen LogP contribution >= 0.6 is 0 Å². The summed E-state index contributed by atoms with van der Waals surface area (Å²) in [6.45, 7) is 5.53. The van der Waals surface area contributed by atoms with Crippen molar-refractivity contribution in [2.45, 2.75) is 38.5 Å². The Balaban J connectivity index is 1.33. The van der Waals surface area contributed by atoms with Crippen molar-refractivity contribution in [1.29, 1.82) is 0 Å². The topological polar surface area (TPSA) is 108 Å². The molecule has 0 unspecified atom stereocenters. The van der Waals surface area contributed by atoms with Crippen LogP contribution in [0.15, 0.2) is 59.8 Å². The Morgan fingerprint density at radius 2 is 1.87 bits per heavy atom. The van der Waals surface area contributed by atoms with E-state index in [-0.39, 0.29) is 24.2 Å². The summed E-state index contributed by atoms with van der Waals surface area (Å²) in [7, 11) is 0. The molecule has 1 saturated heterocycles. The van der Waals surface area contributed by atoms with Gasteiger partial charge < -0.3 is 10.3 Å². The molecule has 0 atom stereocenters. The van der Waals surface area contributed by atoms with Gasteiger partial charge in [0.1, 0.15) is 17.8 Å². The van der Waals surface area contributed by atoms with Crippen LogP contribution in [0.1, 0.15) is 42.8 Å². The first-order chi connectivity index (χ1) is 18.7. The Morgan fingerprint density at radius 3 is 2.54 bits per heavy atom. The number of benzene rings is 1. The zero-order chi connectivity index (χ0) is 27.3. The van der Waals surface area contributed by atoms with Gasteiger partial charge in [-0.2, -0.15) is 13.2 Å². The number of nitrogens with zero attached hydrogens (tertiary/aromatic N) is 5. The molecule has 1 aliphatic heterocycles. The van der Waals surface area contributed by atoms with E-state index in [0.29, 0.717) is 41.5 Å². The minimum Gasteiger partial charge on any atom is -0.308 e. The molecule has 0 bridgehead atoms. The molecule has 6 rings (SSSR count). The van der Waals surface area contributed by atoms with Crippen molar-refractivity contribution in [2.24, 2.45) is 0 Å². The van der Waals surface area contributed by atoms with Crippen molar-refractivity contribution in [2.75, 3.05) is 13.1 Å². The van der Waals surface area contributed by atoms with Crippen LogP contribution in [0, 0.1) is 0 Å². The fourth-order valence-corrected chi connectivity index (χ4v) is 4.79. The molecule has 0 spiro atoms. The summed E-state index contributed by atoms with van der Waals surface area (Å²) in [5.41, 5.74) is 2.94. The van der Waals surface area contributed by atoms with Crippen LogP contribution < -0.4 is 15.6 Å². The summed E-state index contributed by atoms with van der Waals surface area (Å²) >= 11 is 0. The Hall–Kier alpha value is -4.32. The molecule has 0 saturated carbocycles. The highest BCUT2D eigenvalue weighted by atomic mass is 19.4. The fourth-order valence-electron chi connectivity index (χ4n) is 4.79. The minimum absolute atomic E-state index is 0.0540. The molecule has 12 heteroatoms. The SMILES string of the molecule is CC(C)c1ncccc1-c1ncc2[nH]c(=O)n(Cc3ccc(-c4[nH]c(C(F)(F)F)c[n+]4C4CNC4)cc3)c2n1. The second-order valence-electron chi connectivity index (χ2n) is 9.97. The predicted molar refractivity (Wildman–Crippen MR) is 138 cm³/mol. The summed E-state index contributed by atoms with van der Waals surface area (Å²) in [6, 6.07) is 10.8. The van der Waals surface area contributed by atoms with E-state index in [1.165, 1.54) is 4.57 Å². The first kappa shape index (κ1) is 25.0. The molecule has 1 fully saturated rings. The molecule has 4 aromatic heterocycles. The molecule has 5 aromatic rings. The summed E-state index contributed by atoms with van der Waals surface area (Å²) < 4.78 is 43.4. The van der Waals surface area contributed by atoms with Crippen LogP contribution in [0.3, 0.4) is 0 Å². The average Bonchev–Trinajstić information content (AvgIpc) is 3.45. The monoisotopic (exact) mass is 535 g/mol. The normalized spacial score (nSPS) is 14.3. The smallest absolute Gasteiger partial charge is 0.308 e. The number of H-pyrrole nitrogens is 2. The second-order valence-corrected chi connectivity index (χ2v) is 9.97. The van der Waals surface area contributed by atoms with E-state index in [4.69, 9.17) is 4.98 Å². The number of nitrogens with one attached hydrogen (secondary N) is 3. The largest absolute Gasteiger partial charge is 0.457 e. The van der Waals surface area contributed by atoms with E-state index in [1.807, 2.05) is 26.0 Å². The number of alkyl halides is 3. The van der Waals surface area contributed by atoms with Crippen LogP contribution in [0.25, 0.3) is 33.9 Å². The van der Waals surface area contributed by atoms with Crippen molar-refractivity contribution in [1.82, 2.24) is 34.8 Å². The van der Waals surface area contributed by atoms with Crippen LogP contribution in [0.4, 0.5) is 13.2 Å². The highest BCUT2D eigenvalue weighted by molar-refractivity contribution is 5.73. The molecule has 1 aliphatic rings. The number of pyridine rings is 1. The van der Waals surface area contributed by atoms with Crippen LogP contribution in [0.5, 0.6) is 0 Å². The predicted octanol–water partition coefficient (Wildman–Crippen LogP) is 3.80. The van der Waals surface area contributed by atoms with E-state index in [0.717, 1.165) is 23.0 Å². The molecule has 200 valence electrons. The first-order valence-electron chi connectivity index (χ1n) is 12.6. The highest BCUT2D eigenvalue weighted by Gasteiger charge is 2.41. The summed E-state index contributed by atoms with van der Waals surface area (Å²) in [5, 5.41) is 3.10. The Labute approximate surface area is 220 Å². The average molecular weight is 536 g/mol. The number of aromatic amines is 2. The maximum Gasteiger partial charge on any atom is 0.457 e. The van der Waals surface area contributed by atoms with Crippen molar-refractivity contribution < 1.29 is 17.7 Å². The maximum atomic E-state index is 13.4. The molecule has 1 aromatic carbocycles. The van der Waals surface area contributed by atoms with Gasteiger partial charge in [-0.1, -0.05) is 26.0 Å². The van der Waals surface area contributed by atoms with Crippen LogP contribution in [-0.4, -0.2) is 42.6 Å². The molecule has 9 nitrogen and oxygen atoms in total. The lowest BCUT2D eigenvalue weighted by Crippen LogP contribution is -2.57. The first-order valence-corrected chi connectivity index (χ1v) is 12.6. The van der Waals surface area contributed by atoms with Gasteiger partial charge in [0.25, 0.3) is 5.82 Å². The summed E-state index contributed by atoms with van der Waals surface area (Å²) in [5.74, 6) is 1.03. The lowest BCUT2D eigenvalue weighted by molar-refractivity contribution is -0.716. The quantitative estimate of drug-likeness (QED) is 0.287. The summed E-state index contributed by atoms with van der Waals surface area (Å²) in [6.07, 6.45) is -0.0210. The van der Waals surface area contributed by atoms with Crippen molar-refractivity contribution >= 4 is 11.2 Å². The Bertz CT molecular complexity index is 1710. The van der Waals surface area contributed by atoms with Gasteiger partial charge >= 0.3 is 11.9 Å². The standard InChI is InChI=1S/C27H25F3N8O/c1-15(2)22-19(4-3-9-32-22)23-33-12-20-25(36-23)38(26(39)34-20)13-16-5-7-17(8-6-16)24-35-21(27(28,29)30)14-37(24)18-10-31-11-18/h3-9,12,14-15,18,31H,10-11,13H2,1-2H3,(H,34,39)/p+1. The maximum absolute atomic E-state index is 13.4. The van der Waals surface area contributed by atoms with E-state index in [2.05, 4.69) is 25.3 Å². The summed E-state index contributed by atoms with van der Waals surface area (Å²) in [4.78, 5) is 31.8. The van der Waals surface area contributed by atoms with Crippen molar-refractivity contribution in [3.05, 3.63) is 82.4 Å². The van der Waals surface area contributed by atoms with Gasteiger partial charge in [-0.3, -0.25) is 9.55 Å². The fraction of sp³-hybridized carbons (Fsp3) is 0.296. The third-order valence-electron chi connectivity index (χ3n) is 6.94. The molecule has 0 amide bonds. The molecular weight excluding hydrogens is 509 g/mol. The van der Waals surface area contributed by atoms with E-state index >= 15 is 0 Å². The lowest BCUT2D eigenvalue weighted by Gasteiger charge is -2.24. The molecule has 3 N–H and O–H groups in total. The van der Waals surface area contributed by atoms with Gasteiger partial charge in [0.15, 0.2) is 11.5 Å². The molecule has 0 radical (unpaired) electrons. The van der Waals surface area contributed by atoms with E-state index < -0.39 is 11.9 Å². The number of hydrogen-bond donors (Lipinski definition) is 3. The second kappa shape index (κ2) is 9.45. The Kier molecular flexibility index (Phi) is 6.06. The molecular formula is C27H26F3N8O+. The lowest BCUT2D eigenvalue weighted by atomic mass is 10.0. The van der Waals surface area contributed by atoms with Crippen LogP contribution in [0.2, 0.25) is 0 Å². The van der Waals surface area contributed by atoms with E-state index in [1.54, 1.807) is 41.2 Å². The third-order valence-corrected chi connectivity index (χ3v) is 6.94. The number of aromatic nitrogens is 7. The number of fused-ring (bicyclic) bond motifs is 1. The number of rotatable bonds is 6. The Morgan fingerprint density at radius 1 is 1.10 bits per heavy atom. The van der Waals surface area contributed by atoms with Crippen molar-refractivity contribution in [3.63, 3.8) is 0 Å². The molecule has 5 heterocycles.